The van der Waals surface area contributed by atoms with E-state index in [4.69, 9.17) is 9.52 Å². The summed E-state index contributed by atoms with van der Waals surface area (Å²) in [5, 5.41) is 8.93. The lowest BCUT2D eigenvalue weighted by atomic mass is 10.4. The van der Waals surface area contributed by atoms with Gasteiger partial charge in [-0.3, -0.25) is 9.97 Å². The third-order valence-electron chi connectivity index (χ3n) is 2.43. The molecule has 0 bridgehead atoms. The van der Waals surface area contributed by atoms with Crippen LogP contribution in [0.25, 0.3) is 0 Å². The lowest BCUT2D eigenvalue weighted by Gasteiger charge is -2.04. The maximum atomic E-state index is 12.1. The lowest BCUT2D eigenvalue weighted by Crippen LogP contribution is -2.23. The topological polar surface area (TPSA) is 105 Å². The van der Waals surface area contributed by atoms with Gasteiger partial charge < -0.3 is 9.52 Å². The molecule has 2 aromatic heterocycles. The Morgan fingerprint density at radius 2 is 2.15 bits per heavy atom. The van der Waals surface area contributed by atoms with Gasteiger partial charge in [0.15, 0.2) is 4.67 Å². The molecule has 0 saturated carbocycles. The Balaban J connectivity index is 2.14. The summed E-state index contributed by atoms with van der Waals surface area (Å²) in [6.45, 7) is 1.43. The number of hydrogen-bond donors (Lipinski definition) is 2. The standard InChI is InChI=1S/C11H12BrN3O4S/c1-7-3-14-8(4-13-7)5-15-20(17,18)10-2-9(6-16)19-11(10)12/h2-4,15-16H,5-6H2,1H3. The van der Waals surface area contributed by atoms with E-state index in [0.717, 1.165) is 5.69 Å². The monoisotopic (exact) mass is 361 g/mol. The van der Waals surface area contributed by atoms with Crippen molar-refractivity contribution in [2.45, 2.75) is 25.0 Å². The van der Waals surface area contributed by atoms with Gasteiger partial charge in [-0.1, -0.05) is 0 Å². The molecule has 0 saturated heterocycles. The van der Waals surface area contributed by atoms with Crippen molar-refractivity contribution >= 4 is 26.0 Å². The Kier molecular flexibility index (Phi) is 4.53. The van der Waals surface area contributed by atoms with E-state index in [0.29, 0.717) is 5.69 Å². The summed E-state index contributed by atoms with van der Waals surface area (Å²) in [7, 11) is -3.76. The molecule has 2 heterocycles. The zero-order valence-corrected chi connectivity index (χ0v) is 12.9. The Hall–Kier alpha value is -1.29. The van der Waals surface area contributed by atoms with E-state index >= 15 is 0 Å². The molecule has 2 aromatic rings. The molecule has 0 radical (unpaired) electrons. The fourth-order valence-corrected chi connectivity index (χ4v) is 3.41. The summed E-state index contributed by atoms with van der Waals surface area (Å²) >= 11 is 3.00. The molecule has 7 nitrogen and oxygen atoms in total. The van der Waals surface area contributed by atoms with Gasteiger partial charge in [-0.2, -0.15) is 0 Å². The number of nitrogens with zero attached hydrogens (tertiary/aromatic N) is 2. The summed E-state index contributed by atoms with van der Waals surface area (Å²) in [6.07, 6.45) is 3.06. The van der Waals surface area contributed by atoms with Crippen LogP contribution in [0.5, 0.6) is 0 Å². The maximum absolute atomic E-state index is 12.1. The Morgan fingerprint density at radius 1 is 1.40 bits per heavy atom. The van der Waals surface area contributed by atoms with E-state index in [1.165, 1.54) is 12.3 Å². The van der Waals surface area contributed by atoms with Crippen LogP contribution < -0.4 is 4.72 Å². The van der Waals surface area contributed by atoms with Crippen molar-refractivity contribution in [3.05, 3.63) is 40.3 Å². The molecule has 0 fully saturated rings. The van der Waals surface area contributed by atoms with Crippen LogP contribution in [-0.4, -0.2) is 23.5 Å². The van der Waals surface area contributed by atoms with Crippen molar-refractivity contribution < 1.29 is 17.9 Å². The highest BCUT2D eigenvalue weighted by Crippen LogP contribution is 2.26. The molecule has 9 heteroatoms. The van der Waals surface area contributed by atoms with Gasteiger partial charge in [-0.25, -0.2) is 13.1 Å². The highest BCUT2D eigenvalue weighted by atomic mass is 79.9. The number of rotatable bonds is 5. The Morgan fingerprint density at radius 3 is 2.70 bits per heavy atom. The van der Waals surface area contributed by atoms with Crippen molar-refractivity contribution in [3.63, 3.8) is 0 Å². The number of furan rings is 1. The number of aryl methyl sites for hydroxylation is 1. The van der Waals surface area contributed by atoms with Gasteiger partial charge in [-0.05, 0) is 22.9 Å². The van der Waals surface area contributed by atoms with Crippen LogP contribution in [0, 0.1) is 6.92 Å². The highest BCUT2D eigenvalue weighted by molar-refractivity contribution is 9.10. The van der Waals surface area contributed by atoms with Crippen molar-refractivity contribution in [1.29, 1.82) is 0 Å². The largest absolute Gasteiger partial charge is 0.450 e. The van der Waals surface area contributed by atoms with Crippen molar-refractivity contribution in [2.75, 3.05) is 0 Å². The molecule has 0 aliphatic heterocycles. The zero-order valence-electron chi connectivity index (χ0n) is 10.5. The molecular formula is C11H12BrN3O4S. The minimum Gasteiger partial charge on any atom is -0.450 e. The third kappa shape index (κ3) is 3.42. The number of halogens is 1. The quantitative estimate of drug-likeness (QED) is 0.826. The first-order chi connectivity index (χ1) is 9.42. The average Bonchev–Trinajstić information content (AvgIpc) is 2.80. The fourth-order valence-electron chi connectivity index (χ4n) is 1.42. The molecule has 0 spiro atoms. The number of nitrogens with one attached hydrogen (secondary N) is 1. The number of aliphatic hydroxyl groups excluding tert-OH is 1. The van der Waals surface area contributed by atoms with Crippen LogP contribution >= 0.6 is 15.9 Å². The minimum absolute atomic E-state index is 0.0156. The predicted octanol–water partition coefficient (Wildman–Crippen LogP) is 1.11. The summed E-state index contributed by atoms with van der Waals surface area (Å²) in [6, 6.07) is 1.26. The molecule has 2 N–H and O–H groups in total. The predicted molar refractivity (Wildman–Crippen MR) is 73.1 cm³/mol. The van der Waals surface area contributed by atoms with E-state index < -0.39 is 10.0 Å². The van der Waals surface area contributed by atoms with Gasteiger partial charge in [0.25, 0.3) is 0 Å². The minimum atomic E-state index is -3.76. The van der Waals surface area contributed by atoms with Crippen molar-refractivity contribution in [1.82, 2.24) is 14.7 Å². The second kappa shape index (κ2) is 6.00. The molecule has 20 heavy (non-hydrogen) atoms. The van der Waals surface area contributed by atoms with Crippen LogP contribution in [0.3, 0.4) is 0 Å². The van der Waals surface area contributed by atoms with Gasteiger partial charge in [0.1, 0.15) is 17.3 Å². The Bertz CT molecular complexity index is 697. The average molecular weight is 362 g/mol. The fraction of sp³-hybridized carbons (Fsp3) is 0.273. The molecule has 0 aromatic carbocycles. The first-order valence-electron chi connectivity index (χ1n) is 5.58. The van der Waals surface area contributed by atoms with Gasteiger partial charge >= 0.3 is 0 Å². The van der Waals surface area contributed by atoms with Crippen molar-refractivity contribution in [3.8, 4) is 0 Å². The summed E-state index contributed by atoms with van der Waals surface area (Å²) < 4.78 is 31.7. The van der Waals surface area contributed by atoms with E-state index in [-0.39, 0.29) is 28.5 Å². The second-order valence-electron chi connectivity index (χ2n) is 3.98. The van der Waals surface area contributed by atoms with Crippen LogP contribution in [0.4, 0.5) is 0 Å². The van der Waals surface area contributed by atoms with E-state index in [1.54, 1.807) is 13.1 Å². The molecule has 0 atom stereocenters. The molecule has 0 unspecified atom stereocenters. The van der Waals surface area contributed by atoms with Crippen LogP contribution in [0.2, 0.25) is 0 Å². The first kappa shape index (κ1) is 15.1. The van der Waals surface area contributed by atoms with Gasteiger partial charge in [-0.15, -0.1) is 0 Å². The normalized spacial score (nSPS) is 11.8. The highest BCUT2D eigenvalue weighted by Gasteiger charge is 2.22. The van der Waals surface area contributed by atoms with Gasteiger partial charge in [0.2, 0.25) is 10.0 Å². The van der Waals surface area contributed by atoms with Crippen LogP contribution in [0.1, 0.15) is 17.1 Å². The zero-order chi connectivity index (χ0) is 14.8. The molecular weight excluding hydrogens is 350 g/mol. The van der Waals surface area contributed by atoms with E-state index in [1.807, 2.05) is 0 Å². The van der Waals surface area contributed by atoms with Gasteiger partial charge in [0.05, 0.1) is 24.1 Å². The van der Waals surface area contributed by atoms with Crippen LogP contribution in [0.15, 0.2) is 32.4 Å². The molecule has 0 amide bonds. The third-order valence-corrected chi connectivity index (χ3v) is 4.69. The smallest absolute Gasteiger partial charge is 0.245 e. The van der Waals surface area contributed by atoms with E-state index in [2.05, 4.69) is 30.6 Å². The summed E-state index contributed by atoms with van der Waals surface area (Å²) in [5.74, 6) is 0.160. The van der Waals surface area contributed by atoms with Crippen LogP contribution in [-0.2, 0) is 23.2 Å². The number of hydrogen-bond acceptors (Lipinski definition) is 6. The molecule has 2 rings (SSSR count). The Labute approximate surface area is 124 Å². The van der Waals surface area contributed by atoms with Gasteiger partial charge in [0, 0.05) is 12.3 Å². The van der Waals surface area contributed by atoms with E-state index in [9.17, 15) is 8.42 Å². The number of aliphatic hydroxyl groups is 1. The summed E-state index contributed by atoms with van der Waals surface area (Å²) in [4.78, 5) is 8.02. The molecule has 0 aliphatic carbocycles. The lowest BCUT2D eigenvalue weighted by molar-refractivity contribution is 0.245. The van der Waals surface area contributed by atoms with Crippen molar-refractivity contribution in [2.24, 2.45) is 0 Å². The number of aromatic nitrogens is 2. The molecule has 0 aliphatic rings. The SMILES string of the molecule is Cc1cnc(CNS(=O)(=O)c2cc(CO)oc2Br)cn1. The number of sulfonamides is 1. The maximum Gasteiger partial charge on any atom is 0.245 e. The summed E-state index contributed by atoms with van der Waals surface area (Å²) in [5.41, 5.74) is 1.25. The molecule has 108 valence electrons. The second-order valence-corrected chi connectivity index (χ2v) is 6.44. The first-order valence-corrected chi connectivity index (χ1v) is 7.86.